The van der Waals surface area contributed by atoms with E-state index < -0.39 is 0 Å². The van der Waals surface area contributed by atoms with Crippen LogP contribution in [-0.2, 0) is 9.47 Å². The molecule has 0 heterocycles. The Bertz CT molecular complexity index is 319. The molecule has 0 aromatic heterocycles. The molecular formula is C15H24O2S. The summed E-state index contributed by atoms with van der Waals surface area (Å²) in [6.45, 7) is 8.11. The molecule has 1 aromatic rings. The summed E-state index contributed by atoms with van der Waals surface area (Å²) in [5.41, 5.74) is 1.19. The third-order valence-electron chi connectivity index (χ3n) is 2.57. The van der Waals surface area contributed by atoms with Crippen molar-refractivity contribution in [2.45, 2.75) is 32.3 Å². The van der Waals surface area contributed by atoms with Gasteiger partial charge in [0.15, 0.2) is 0 Å². The maximum absolute atomic E-state index is 5.66. The average molecular weight is 268 g/mol. The van der Waals surface area contributed by atoms with Crippen LogP contribution in [0.15, 0.2) is 30.3 Å². The van der Waals surface area contributed by atoms with Crippen LogP contribution < -0.4 is 0 Å². The van der Waals surface area contributed by atoms with Crippen LogP contribution >= 0.6 is 12.6 Å². The summed E-state index contributed by atoms with van der Waals surface area (Å²) in [6, 6.07) is 10.4. The van der Waals surface area contributed by atoms with E-state index in [4.69, 9.17) is 9.47 Å². The monoisotopic (exact) mass is 268 g/mol. The van der Waals surface area contributed by atoms with Gasteiger partial charge in [-0.3, -0.25) is 0 Å². The first-order valence-corrected chi connectivity index (χ1v) is 7.03. The largest absolute Gasteiger partial charge is 0.378 e. The molecule has 0 radical (unpaired) electrons. The molecule has 1 atom stereocenters. The highest BCUT2D eigenvalue weighted by atomic mass is 32.1. The van der Waals surface area contributed by atoms with Gasteiger partial charge in [0.25, 0.3) is 0 Å². The summed E-state index contributed by atoms with van der Waals surface area (Å²) >= 11 is 4.39. The number of thiol groups is 1. The Morgan fingerprint density at radius 3 is 2.33 bits per heavy atom. The molecule has 102 valence electrons. The fraction of sp³-hybridized carbons (Fsp3) is 0.600. The van der Waals surface area contributed by atoms with Gasteiger partial charge in [0.1, 0.15) is 0 Å². The van der Waals surface area contributed by atoms with Crippen LogP contribution in [0, 0.1) is 0 Å². The molecule has 0 amide bonds. The van der Waals surface area contributed by atoms with Crippen molar-refractivity contribution in [1.82, 2.24) is 0 Å². The van der Waals surface area contributed by atoms with Crippen molar-refractivity contribution < 1.29 is 9.47 Å². The van der Waals surface area contributed by atoms with Crippen LogP contribution in [0.5, 0.6) is 0 Å². The Hall–Kier alpha value is -0.510. The van der Waals surface area contributed by atoms with Gasteiger partial charge in [0.2, 0.25) is 0 Å². The molecule has 1 aromatic carbocycles. The van der Waals surface area contributed by atoms with E-state index >= 15 is 0 Å². The van der Waals surface area contributed by atoms with Crippen molar-refractivity contribution in [2.24, 2.45) is 0 Å². The van der Waals surface area contributed by atoms with Gasteiger partial charge >= 0.3 is 0 Å². The Labute approximate surface area is 116 Å². The van der Waals surface area contributed by atoms with Crippen molar-refractivity contribution in [3.05, 3.63) is 35.9 Å². The minimum Gasteiger partial charge on any atom is -0.378 e. The maximum Gasteiger partial charge on any atom is 0.0707 e. The first kappa shape index (κ1) is 15.5. The zero-order chi connectivity index (χ0) is 13.4. The molecule has 0 saturated carbocycles. The van der Waals surface area contributed by atoms with Crippen molar-refractivity contribution in [2.75, 3.05) is 25.6 Å². The quantitative estimate of drug-likeness (QED) is 0.602. The van der Waals surface area contributed by atoms with Crippen LogP contribution in [-0.4, -0.2) is 31.2 Å². The lowest BCUT2D eigenvalue weighted by atomic mass is 10.0. The summed E-state index contributed by atoms with van der Waals surface area (Å²) in [5.74, 6) is 1.15. The molecule has 3 heteroatoms. The smallest absolute Gasteiger partial charge is 0.0707 e. The summed E-state index contributed by atoms with van der Waals surface area (Å²) < 4.78 is 11.3. The number of ether oxygens (including phenoxy) is 2. The van der Waals surface area contributed by atoms with E-state index in [0.717, 1.165) is 5.75 Å². The Kier molecular flexibility index (Phi) is 6.76. The molecule has 0 N–H and O–H groups in total. The zero-order valence-electron chi connectivity index (χ0n) is 11.6. The highest BCUT2D eigenvalue weighted by Crippen LogP contribution is 2.17. The van der Waals surface area contributed by atoms with Crippen molar-refractivity contribution in [3.63, 3.8) is 0 Å². The van der Waals surface area contributed by atoms with Crippen LogP contribution in [0.4, 0.5) is 0 Å². The lowest BCUT2D eigenvalue weighted by Gasteiger charge is -2.20. The third-order valence-corrected chi connectivity index (χ3v) is 3.01. The molecule has 1 unspecified atom stereocenters. The highest BCUT2D eigenvalue weighted by Gasteiger charge is 2.11. The van der Waals surface area contributed by atoms with Crippen LogP contribution in [0.25, 0.3) is 0 Å². The molecule has 0 spiro atoms. The summed E-state index contributed by atoms with van der Waals surface area (Å²) in [6.07, 6.45) is 0. The predicted octanol–water partition coefficient (Wildman–Crippen LogP) is 3.53. The maximum atomic E-state index is 5.66. The van der Waals surface area contributed by atoms with E-state index in [2.05, 4.69) is 36.9 Å². The predicted molar refractivity (Wildman–Crippen MR) is 79.6 cm³/mol. The van der Waals surface area contributed by atoms with Gasteiger partial charge < -0.3 is 9.47 Å². The van der Waals surface area contributed by atoms with Gasteiger partial charge in [0, 0.05) is 5.92 Å². The molecule has 0 aliphatic carbocycles. The average Bonchev–Trinajstić information content (AvgIpc) is 2.33. The van der Waals surface area contributed by atoms with E-state index in [0.29, 0.717) is 25.7 Å². The van der Waals surface area contributed by atoms with Crippen LogP contribution in [0.3, 0.4) is 0 Å². The molecule has 0 aliphatic heterocycles. The second-order valence-corrected chi connectivity index (χ2v) is 5.69. The lowest BCUT2D eigenvalue weighted by Crippen LogP contribution is -2.22. The van der Waals surface area contributed by atoms with E-state index in [1.54, 1.807) is 0 Å². The third kappa shape index (κ3) is 6.43. The number of rotatable bonds is 7. The van der Waals surface area contributed by atoms with E-state index in [1.165, 1.54) is 5.56 Å². The highest BCUT2D eigenvalue weighted by molar-refractivity contribution is 7.80. The minimum atomic E-state index is -0.0915. The molecular weight excluding hydrogens is 244 g/mol. The lowest BCUT2D eigenvalue weighted by molar-refractivity contribution is -0.0359. The second kappa shape index (κ2) is 7.82. The molecule has 1 rings (SSSR count). The standard InChI is InChI=1S/C15H24O2S/c1-15(2,3)17-10-9-16-11-14(12-18)13-7-5-4-6-8-13/h4-8,14,18H,9-12H2,1-3H3. The van der Waals surface area contributed by atoms with Crippen molar-refractivity contribution in [3.8, 4) is 0 Å². The number of hydrogen-bond acceptors (Lipinski definition) is 3. The Balaban J connectivity index is 2.25. The van der Waals surface area contributed by atoms with Gasteiger partial charge in [-0.05, 0) is 32.1 Å². The topological polar surface area (TPSA) is 18.5 Å². The fourth-order valence-corrected chi connectivity index (χ4v) is 1.93. The van der Waals surface area contributed by atoms with Crippen LogP contribution in [0.1, 0.15) is 32.3 Å². The summed E-state index contributed by atoms with van der Waals surface area (Å²) in [5, 5.41) is 0. The summed E-state index contributed by atoms with van der Waals surface area (Å²) in [7, 11) is 0. The number of benzene rings is 1. The van der Waals surface area contributed by atoms with Crippen molar-refractivity contribution >= 4 is 12.6 Å². The molecule has 2 nitrogen and oxygen atoms in total. The number of hydrogen-bond donors (Lipinski definition) is 1. The molecule has 0 bridgehead atoms. The molecule has 0 aliphatic rings. The Morgan fingerprint density at radius 1 is 1.11 bits per heavy atom. The zero-order valence-corrected chi connectivity index (χ0v) is 12.5. The van der Waals surface area contributed by atoms with Crippen LogP contribution in [0.2, 0.25) is 0 Å². The minimum absolute atomic E-state index is 0.0915. The SMILES string of the molecule is CC(C)(C)OCCOCC(CS)c1ccccc1. The normalized spacial score (nSPS) is 13.6. The first-order valence-electron chi connectivity index (χ1n) is 6.40. The van der Waals surface area contributed by atoms with E-state index in [-0.39, 0.29) is 5.60 Å². The van der Waals surface area contributed by atoms with Gasteiger partial charge in [-0.1, -0.05) is 30.3 Å². The van der Waals surface area contributed by atoms with Crippen molar-refractivity contribution in [1.29, 1.82) is 0 Å². The van der Waals surface area contributed by atoms with E-state index in [1.807, 2.05) is 26.8 Å². The first-order chi connectivity index (χ1) is 8.53. The van der Waals surface area contributed by atoms with Gasteiger partial charge in [-0.2, -0.15) is 12.6 Å². The van der Waals surface area contributed by atoms with Gasteiger partial charge in [-0.15, -0.1) is 0 Å². The molecule has 0 fully saturated rings. The van der Waals surface area contributed by atoms with Gasteiger partial charge in [0.05, 0.1) is 25.4 Å². The van der Waals surface area contributed by atoms with E-state index in [9.17, 15) is 0 Å². The molecule has 18 heavy (non-hydrogen) atoms. The summed E-state index contributed by atoms with van der Waals surface area (Å²) in [4.78, 5) is 0. The second-order valence-electron chi connectivity index (χ2n) is 5.33. The molecule has 0 saturated heterocycles. The Morgan fingerprint density at radius 2 is 1.78 bits per heavy atom. The van der Waals surface area contributed by atoms with Gasteiger partial charge in [-0.25, -0.2) is 0 Å². The fourth-order valence-electron chi connectivity index (χ4n) is 1.61.